The number of nitrogens with zero attached hydrogens (tertiary/aromatic N) is 3. The molecule has 30 heavy (non-hydrogen) atoms. The van der Waals surface area contributed by atoms with E-state index in [0.29, 0.717) is 11.2 Å². The lowest BCUT2D eigenvalue weighted by molar-refractivity contribution is -0.117. The number of carbonyl (C=O) groups excluding carboxylic acids is 1. The summed E-state index contributed by atoms with van der Waals surface area (Å²) in [4.78, 5) is 18.5. The van der Waals surface area contributed by atoms with E-state index in [-0.39, 0.29) is 6.54 Å². The number of aliphatic hydroxyl groups is 5. The van der Waals surface area contributed by atoms with Crippen LogP contribution in [0.5, 0.6) is 0 Å². The van der Waals surface area contributed by atoms with Crippen LogP contribution < -0.4 is 0 Å². The molecule has 3 aromatic rings. The third kappa shape index (κ3) is 4.66. The first-order valence-electron chi connectivity index (χ1n) is 9.44. The van der Waals surface area contributed by atoms with Crippen molar-refractivity contribution < 1.29 is 30.3 Å². The summed E-state index contributed by atoms with van der Waals surface area (Å²) in [6.07, 6.45) is -3.02. The highest BCUT2D eigenvalue weighted by Crippen LogP contribution is 2.19. The number of benzene rings is 1. The van der Waals surface area contributed by atoms with E-state index < -0.39 is 36.9 Å². The quantitative estimate of drug-likeness (QED) is 0.335. The molecule has 4 unspecified atom stereocenters. The molecule has 0 saturated carbocycles. The van der Waals surface area contributed by atoms with Gasteiger partial charge in [0, 0.05) is 37.1 Å². The van der Waals surface area contributed by atoms with Crippen LogP contribution in [0.3, 0.4) is 0 Å². The Bertz CT molecular complexity index is 993. The van der Waals surface area contributed by atoms with E-state index in [9.17, 15) is 25.2 Å². The fourth-order valence-electron chi connectivity index (χ4n) is 3.12. The predicted molar refractivity (Wildman–Crippen MR) is 109 cm³/mol. The maximum Gasteiger partial charge on any atom is 0.253 e. The van der Waals surface area contributed by atoms with Gasteiger partial charge in [-0.3, -0.25) is 4.79 Å². The Morgan fingerprint density at radius 3 is 2.40 bits per heavy atom. The van der Waals surface area contributed by atoms with E-state index in [0.717, 1.165) is 11.3 Å². The lowest BCUT2D eigenvalue weighted by atomic mass is 10.0. The number of pyridine rings is 1. The van der Waals surface area contributed by atoms with Crippen molar-refractivity contribution in [3.8, 4) is 11.3 Å². The fraction of sp³-hybridized carbons (Fsp3) is 0.333. The number of likely N-dealkylation sites (N-methyl/N-ethyl adjacent to an activating group) is 1. The van der Waals surface area contributed by atoms with Crippen LogP contribution >= 0.6 is 0 Å². The summed E-state index contributed by atoms with van der Waals surface area (Å²) < 4.78 is 1.80. The molecule has 4 atom stereocenters. The van der Waals surface area contributed by atoms with Gasteiger partial charge in [0.05, 0.1) is 12.3 Å². The van der Waals surface area contributed by atoms with Crippen LogP contribution in [-0.2, 0) is 0 Å². The second-order valence-corrected chi connectivity index (χ2v) is 7.16. The molecular formula is C21H25N3O6. The molecule has 9 heteroatoms. The fourth-order valence-corrected chi connectivity index (χ4v) is 3.12. The molecule has 0 bridgehead atoms. The van der Waals surface area contributed by atoms with E-state index in [4.69, 9.17) is 5.11 Å². The van der Waals surface area contributed by atoms with E-state index in [2.05, 4.69) is 4.98 Å². The second kappa shape index (κ2) is 9.33. The average molecular weight is 415 g/mol. The van der Waals surface area contributed by atoms with Crippen LogP contribution in [0.15, 0.2) is 54.9 Å². The van der Waals surface area contributed by atoms with Gasteiger partial charge in [-0.05, 0) is 12.1 Å². The van der Waals surface area contributed by atoms with Crippen LogP contribution in [0.4, 0.5) is 0 Å². The molecule has 0 saturated heterocycles. The van der Waals surface area contributed by atoms with E-state index in [1.807, 2.05) is 36.5 Å². The van der Waals surface area contributed by atoms with Crippen molar-refractivity contribution in [2.24, 2.45) is 0 Å². The molecule has 5 N–H and O–H groups in total. The van der Waals surface area contributed by atoms with Gasteiger partial charge in [0.2, 0.25) is 0 Å². The highest BCUT2D eigenvalue weighted by Gasteiger charge is 2.31. The van der Waals surface area contributed by atoms with Gasteiger partial charge in [0.15, 0.2) is 0 Å². The summed E-state index contributed by atoms with van der Waals surface area (Å²) >= 11 is 0. The third-order valence-corrected chi connectivity index (χ3v) is 4.91. The minimum absolute atomic E-state index is 0.288. The number of carbonyl (C=O) groups is 1. The zero-order chi connectivity index (χ0) is 21.8. The van der Waals surface area contributed by atoms with Crippen LogP contribution in [0, 0.1) is 0 Å². The van der Waals surface area contributed by atoms with Gasteiger partial charge in [-0.1, -0.05) is 30.3 Å². The standard InChI is InChI=1S/C21H25N3O6/c1-23(11-16(26)19(28)20(29)17(27)12-25)21(30)14-7-8-24-10-15(22-18(24)9-14)13-5-3-2-4-6-13/h2-10,16-17,19-20,25-29H,11-12H2,1H3. The number of imidazole rings is 1. The zero-order valence-electron chi connectivity index (χ0n) is 16.4. The van der Waals surface area contributed by atoms with E-state index >= 15 is 0 Å². The minimum Gasteiger partial charge on any atom is -0.394 e. The number of amides is 1. The van der Waals surface area contributed by atoms with Crippen LogP contribution in [0.2, 0.25) is 0 Å². The van der Waals surface area contributed by atoms with Crippen molar-refractivity contribution in [2.45, 2.75) is 24.4 Å². The number of fused-ring (bicyclic) bond motifs is 1. The molecule has 2 heterocycles. The number of rotatable bonds is 8. The zero-order valence-corrected chi connectivity index (χ0v) is 16.4. The van der Waals surface area contributed by atoms with Crippen molar-refractivity contribution in [3.05, 3.63) is 60.4 Å². The highest BCUT2D eigenvalue weighted by molar-refractivity contribution is 5.95. The third-order valence-electron chi connectivity index (χ3n) is 4.91. The molecule has 0 fully saturated rings. The van der Waals surface area contributed by atoms with Crippen molar-refractivity contribution in [1.82, 2.24) is 14.3 Å². The van der Waals surface area contributed by atoms with Crippen molar-refractivity contribution in [2.75, 3.05) is 20.2 Å². The molecule has 0 spiro atoms. The van der Waals surface area contributed by atoms with Gasteiger partial charge in [-0.25, -0.2) is 4.98 Å². The van der Waals surface area contributed by atoms with Gasteiger partial charge < -0.3 is 34.8 Å². The molecule has 0 aliphatic rings. The number of aromatic nitrogens is 2. The van der Waals surface area contributed by atoms with Gasteiger partial charge in [0.1, 0.15) is 30.1 Å². The van der Waals surface area contributed by atoms with Crippen LogP contribution in [-0.4, -0.2) is 90.3 Å². The van der Waals surface area contributed by atoms with Gasteiger partial charge in [-0.2, -0.15) is 0 Å². The molecule has 2 aromatic heterocycles. The summed E-state index contributed by atoms with van der Waals surface area (Å²) in [5, 5.41) is 47.9. The molecule has 1 aromatic carbocycles. The first kappa shape index (κ1) is 21.9. The number of aliphatic hydroxyl groups excluding tert-OH is 5. The second-order valence-electron chi connectivity index (χ2n) is 7.16. The normalized spacial score (nSPS) is 15.5. The summed E-state index contributed by atoms with van der Waals surface area (Å²) in [6, 6.07) is 12.9. The predicted octanol–water partition coefficient (Wildman–Crippen LogP) is -0.491. The van der Waals surface area contributed by atoms with Crippen molar-refractivity contribution in [1.29, 1.82) is 0 Å². The molecule has 0 aliphatic heterocycles. The highest BCUT2D eigenvalue weighted by atomic mass is 16.4. The smallest absolute Gasteiger partial charge is 0.253 e. The molecular weight excluding hydrogens is 390 g/mol. The average Bonchev–Trinajstić information content (AvgIpc) is 3.20. The SMILES string of the molecule is CN(CC(O)C(O)C(O)C(O)CO)C(=O)c1ccn2cc(-c3ccccc3)nc2c1. The van der Waals surface area contributed by atoms with Gasteiger partial charge in [-0.15, -0.1) is 0 Å². The van der Waals surface area contributed by atoms with Gasteiger partial charge >= 0.3 is 0 Å². The topological polar surface area (TPSA) is 139 Å². The van der Waals surface area contributed by atoms with E-state index in [1.165, 1.54) is 11.9 Å². The first-order chi connectivity index (χ1) is 14.3. The Balaban J connectivity index is 1.72. The Morgan fingerprint density at radius 1 is 1.07 bits per heavy atom. The lowest BCUT2D eigenvalue weighted by Crippen LogP contribution is -2.49. The minimum atomic E-state index is -1.74. The molecule has 1 amide bonds. The Kier molecular flexibility index (Phi) is 6.80. The molecule has 3 rings (SSSR count). The summed E-state index contributed by atoms with van der Waals surface area (Å²) in [7, 11) is 1.44. The number of hydrogen-bond acceptors (Lipinski definition) is 7. The molecule has 0 aliphatic carbocycles. The molecule has 9 nitrogen and oxygen atoms in total. The Labute approximate surface area is 173 Å². The maximum atomic E-state index is 12.7. The largest absolute Gasteiger partial charge is 0.394 e. The Morgan fingerprint density at radius 2 is 1.73 bits per heavy atom. The Hall–Kier alpha value is -2.82. The molecule has 0 radical (unpaired) electrons. The number of hydrogen-bond donors (Lipinski definition) is 5. The van der Waals surface area contributed by atoms with Gasteiger partial charge in [0.25, 0.3) is 5.91 Å². The lowest BCUT2D eigenvalue weighted by Gasteiger charge is -2.28. The summed E-state index contributed by atoms with van der Waals surface area (Å²) in [5.74, 6) is -0.412. The van der Waals surface area contributed by atoms with Crippen molar-refractivity contribution in [3.63, 3.8) is 0 Å². The summed E-state index contributed by atoms with van der Waals surface area (Å²) in [5.41, 5.74) is 2.64. The summed E-state index contributed by atoms with van der Waals surface area (Å²) in [6.45, 7) is -1.06. The van der Waals surface area contributed by atoms with Crippen LogP contribution in [0.25, 0.3) is 16.9 Å². The van der Waals surface area contributed by atoms with E-state index in [1.54, 1.807) is 22.7 Å². The molecule has 160 valence electrons. The monoisotopic (exact) mass is 415 g/mol. The van der Waals surface area contributed by atoms with Crippen molar-refractivity contribution >= 4 is 11.6 Å². The van der Waals surface area contributed by atoms with Crippen LogP contribution in [0.1, 0.15) is 10.4 Å². The first-order valence-corrected chi connectivity index (χ1v) is 9.44. The maximum absolute atomic E-state index is 12.7.